The maximum atomic E-state index is 11.8. The molecule has 1 N–H and O–H groups in total. The smallest absolute Gasteiger partial charge is 0.339 e. The molecule has 26 heavy (non-hydrogen) atoms. The van der Waals surface area contributed by atoms with Crippen molar-refractivity contribution in [2.24, 2.45) is 0 Å². The Labute approximate surface area is 152 Å². The van der Waals surface area contributed by atoms with Crippen molar-refractivity contribution < 1.29 is 14.7 Å². The fraction of sp³-hybridized carbons (Fsp3) is 0.300. The van der Waals surface area contributed by atoms with Gasteiger partial charge in [0.05, 0.1) is 11.3 Å². The van der Waals surface area contributed by atoms with Crippen LogP contribution in [0.2, 0.25) is 0 Å². The molecular formula is C20H21N3O3. The van der Waals surface area contributed by atoms with Crippen molar-refractivity contribution in [2.75, 3.05) is 11.9 Å². The van der Waals surface area contributed by atoms with Gasteiger partial charge in [-0.3, -0.25) is 4.79 Å². The van der Waals surface area contributed by atoms with E-state index in [0.717, 1.165) is 23.2 Å². The standard InChI is InChI=1S/C20H21N3O3/c1-12(2)19-15(20(25)26)11-21-17(22-19)8-5-13-4-7-16-14(10-13)6-9-18(24)23(16)3/h4-5,7-8,10-12H,6,9H2,1-3H3,(H,25,26). The first kappa shape index (κ1) is 17.8. The Morgan fingerprint density at radius 1 is 1.27 bits per heavy atom. The molecule has 1 aliphatic heterocycles. The zero-order valence-electron chi connectivity index (χ0n) is 15.1. The fourth-order valence-corrected chi connectivity index (χ4v) is 3.05. The van der Waals surface area contributed by atoms with Gasteiger partial charge in [-0.05, 0) is 41.7 Å². The summed E-state index contributed by atoms with van der Waals surface area (Å²) in [6, 6.07) is 5.95. The Morgan fingerprint density at radius 2 is 2.04 bits per heavy atom. The van der Waals surface area contributed by atoms with Crippen LogP contribution in [0.5, 0.6) is 0 Å². The summed E-state index contributed by atoms with van der Waals surface area (Å²) in [5, 5.41) is 9.24. The highest BCUT2D eigenvalue weighted by atomic mass is 16.4. The molecule has 0 atom stereocenters. The molecule has 0 aliphatic carbocycles. The molecule has 1 aromatic heterocycles. The van der Waals surface area contributed by atoms with Gasteiger partial charge < -0.3 is 10.0 Å². The van der Waals surface area contributed by atoms with E-state index in [9.17, 15) is 14.7 Å². The molecule has 2 heterocycles. The molecule has 1 aliphatic rings. The van der Waals surface area contributed by atoms with Crippen LogP contribution in [0.1, 0.15) is 59.2 Å². The number of benzene rings is 1. The normalized spacial score (nSPS) is 14.2. The average molecular weight is 351 g/mol. The van der Waals surface area contributed by atoms with Crippen LogP contribution in [0.25, 0.3) is 12.2 Å². The summed E-state index contributed by atoms with van der Waals surface area (Å²) < 4.78 is 0. The first-order chi connectivity index (χ1) is 12.4. The maximum Gasteiger partial charge on any atom is 0.339 e. The van der Waals surface area contributed by atoms with Crippen molar-refractivity contribution in [3.05, 3.63) is 52.6 Å². The number of nitrogens with zero attached hydrogens (tertiary/aromatic N) is 3. The van der Waals surface area contributed by atoms with E-state index in [4.69, 9.17) is 0 Å². The van der Waals surface area contributed by atoms with Crippen molar-refractivity contribution in [3.8, 4) is 0 Å². The minimum absolute atomic E-state index is 0.00642. The van der Waals surface area contributed by atoms with Crippen LogP contribution in [0.3, 0.4) is 0 Å². The molecule has 1 aromatic carbocycles. The first-order valence-electron chi connectivity index (χ1n) is 8.54. The number of carboxylic acids is 1. The van der Waals surface area contributed by atoms with Crippen molar-refractivity contribution >= 4 is 29.7 Å². The van der Waals surface area contributed by atoms with E-state index in [1.165, 1.54) is 6.20 Å². The molecule has 1 amide bonds. The van der Waals surface area contributed by atoms with Gasteiger partial charge in [0.15, 0.2) is 5.82 Å². The number of carboxylic acid groups (broad SMARTS) is 1. The number of carbonyl (C=O) groups excluding carboxylic acids is 1. The van der Waals surface area contributed by atoms with E-state index in [-0.39, 0.29) is 17.4 Å². The van der Waals surface area contributed by atoms with Gasteiger partial charge in [0.1, 0.15) is 0 Å². The molecule has 6 heteroatoms. The van der Waals surface area contributed by atoms with Crippen LogP contribution in [0.15, 0.2) is 24.4 Å². The van der Waals surface area contributed by atoms with Crippen LogP contribution in [-0.4, -0.2) is 34.0 Å². The maximum absolute atomic E-state index is 11.8. The van der Waals surface area contributed by atoms with Gasteiger partial charge in [-0.15, -0.1) is 0 Å². The lowest BCUT2D eigenvalue weighted by atomic mass is 9.99. The number of hydrogen-bond donors (Lipinski definition) is 1. The van der Waals surface area contributed by atoms with Crippen LogP contribution in [-0.2, 0) is 11.2 Å². The SMILES string of the molecule is CC(C)c1nc(C=Cc2ccc3c(c2)CCC(=O)N3C)ncc1C(=O)O. The second kappa shape index (κ2) is 7.07. The average Bonchev–Trinajstić information content (AvgIpc) is 2.62. The Bertz CT molecular complexity index is 903. The summed E-state index contributed by atoms with van der Waals surface area (Å²) in [5.41, 5.74) is 3.74. The van der Waals surface area contributed by atoms with E-state index in [1.54, 1.807) is 18.0 Å². The van der Waals surface area contributed by atoms with Gasteiger partial charge in [0.25, 0.3) is 0 Å². The molecule has 0 unspecified atom stereocenters. The molecule has 0 saturated heterocycles. The van der Waals surface area contributed by atoms with Crippen LogP contribution in [0, 0.1) is 0 Å². The second-order valence-corrected chi connectivity index (χ2v) is 6.66. The highest BCUT2D eigenvalue weighted by molar-refractivity contribution is 5.96. The number of aryl methyl sites for hydroxylation is 1. The molecule has 3 rings (SSSR count). The van der Waals surface area contributed by atoms with E-state index in [1.807, 2.05) is 32.1 Å². The van der Waals surface area contributed by atoms with E-state index >= 15 is 0 Å². The fourth-order valence-electron chi connectivity index (χ4n) is 3.05. The molecule has 2 aromatic rings. The van der Waals surface area contributed by atoms with Gasteiger partial charge in [0.2, 0.25) is 5.91 Å². The third kappa shape index (κ3) is 3.49. The molecule has 6 nitrogen and oxygen atoms in total. The Hall–Kier alpha value is -3.02. The topological polar surface area (TPSA) is 83.4 Å². The van der Waals surface area contributed by atoms with Gasteiger partial charge in [-0.2, -0.15) is 0 Å². The largest absolute Gasteiger partial charge is 0.478 e. The van der Waals surface area contributed by atoms with Gasteiger partial charge in [-0.1, -0.05) is 26.0 Å². The summed E-state index contributed by atoms with van der Waals surface area (Å²) in [6.07, 6.45) is 6.29. The van der Waals surface area contributed by atoms with Crippen LogP contribution < -0.4 is 4.90 Å². The summed E-state index contributed by atoms with van der Waals surface area (Å²) in [7, 11) is 1.79. The summed E-state index contributed by atoms with van der Waals surface area (Å²) in [6.45, 7) is 3.81. The van der Waals surface area contributed by atoms with Crippen LogP contribution in [0.4, 0.5) is 5.69 Å². The molecule has 0 bridgehead atoms. The quantitative estimate of drug-likeness (QED) is 0.913. The number of amides is 1. The summed E-state index contributed by atoms with van der Waals surface area (Å²) >= 11 is 0. The monoisotopic (exact) mass is 351 g/mol. The minimum atomic E-state index is -1.02. The third-order valence-corrected chi connectivity index (χ3v) is 4.49. The predicted molar refractivity (Wildman–Crippen MR) is 100 cm³/mol. The Kier molecular flexibility index (Phi) is 4.84. The lowest BCUT2D eigenvalue weighted by Crippen LogP contribution is -2.30. The van der Waals surface area contributed by atoms with E-state index in [2.05, 4.69) is 16.0 Å². The van der Waals surface area contributed by atoms with Crippen molar-refractivity contribution in [3.63, 3.8) is 0 Å². The zero-order valence-corrected chi connectivity index (χ0v) is 15.1. The number of aromatic carboxylic acids is 1. The number of anilines is 1. The number of carbonyl (C=O) groups is 2. The Balaban J connectivity index is 1.88. The van der Waals surface area contributed by atoms with E-state index < -0.39 is 5.97 Å². The first-order valence-corrected chi connectivity index (χ1v) is 8.54. The minimum Gasteiger partial charge on any atom is -0.478 e. The summed E-state index contributed by atoms with van der Waals surface area (Å²) in [5.74, 6) is -0.414. The van der Waals surface area contributed by atoms with Gasteiger partial charge >= 0.3 is 5.97 Å². The number of aromatic nitrogens is 2. The molecule has 0 fully saturated rings. The predicted octanol–water partition coefficient (Wildman–Crippen LogP) is 3.38. The van der Waals surface area contributed by atoms with Gasteiger partial charge in [0, 0.05) is 25.4 Å². The number of hydrogen-bond acceptors (Lipinski definition) is 4. The van der Waals surface area contributed by atoms with Crippen LogP contribution >= 0.6 is 0 Å². The second-order valence-electron chi connectivity index (χ2n) is 6.66. The summed E-state index contributed by atoms with van der Waals surface area (Å²) in [4.78, 5) is 33.3. The van der Waals surface area contributed by atoms with Crippen molar-refractivity contribution in [1.82, 2.24) is 9.97 Å². The highest BCUT2D eigenvalue weighted by Crippen LogP contribution is 2.28. The lowest BCUT2D eigenvalue weighted by molar-refractivity contribution is -0.118. The molecule has 134 valence electrons. The molecule has 0 radical (unpaired) electrons. The Morgan fingerprint density at radius 3 is 2.73 bits per heavy atom. The lowest BCUT2D eigenvalue weighted by Gasteiger charge is -2.25. The molecule has 0 saturated carbocycles. The molecule has 0 spiro atoms. The molecular weight excluding hydrogens is 330 g/mol. The number of fused-ring (bicyclic) bond motifs is 1. The van der Waals surface area contributed by atoms with Crippen molar-refractivity contribution in [1.29, 1.82) is 0 Å². The van der Waals surface area contributed by atoms with Gasteiger partial charge in [-0.25, -0.2) is 14.8 Å². The third-order valence-electron chi connectivity index (χ3n) is 4.49. The zero-order chi connectivity index (χ0) is 18.8. The number of rotatable bonds is 4. The highest BCUT2D eigenvalue weighted by Gasteiger charge is 2.20. The van der Waals surface area contributed by atoms with Crippen molar-refractivity contribution in [2.45, 2.75) is 32.6 Å². The van der Waals surface area contributed by atoms with E-state index in [0.29, 0.717) is 17.9 Å².